The lowest BCUT2D eigenvalue weighted by molar-refractivity contribution is 0.0973. The second-order valence-electron chi connectivity index (χ2n) is 5.10. The topological polar surface area (TPSA) is 31.2 Å². The zero-order chi connectivity index (χ0) is 14.1. The molecule has 0 atom stereocenters. The number of carbonyl (C=O) groups is 1. The van der Waals surface area contributed by atoms with Crippen molar-refractivity contribution in [3.05, 3.63) is 52.3 Å². The standard InChI is InChI=1S/C16H16ClNO2/c1-20-16-6-5-13(17)7-12(16)9-18-8-11-3-2-4-15(19)14(11)10-18/h5-8,10H,2-4,9H2,1H3. The zero-order valence-corrected chi connectivity index (χ0v) is 12.1. The summed E-state index contributed by atoms with van der Waals surface area (Å²) < 4.78 is 7.40. The van der Waals surface area contributed by atoms with E-state index in [1.165, 1.54) is 0 Å². The molecule has 0 unspecified atom stereocenters. The number of ether oxygens (including phenoxy) is 1. The van der Waals surface area contributed by atoms with E-state index in [2.05, 4.69) is 6.20 Å². The van der Waals surface area contributed by atoms with Gasteiger partial charge in [-0.3, -0.25) is 4.79 Å². The summed E-state index contributed by atoms with van der Waals surface area (Å²) in [6.07, 6.45) is 6.61. The van der Waals surface area contributed by atoms with Crippen molar-refractivity contribution in [2.75, 3.05) is 7.11 Å². The van der Waals surface area contributed by atoms with Crippen LogP contribution in [0.5, 0.6) is 5.75 Å². The first kappa shape index (κ1) is 13.3. The van der Waals surface area contributed by atoms with Gasteiger partial charge in [-0.05, 0) is 36.6 Å². The molecule has 0 amide bonds. The van der Waals surface area contributed by atoms with Crippen molar-refractivity contribution in [2.45, 2.75) is 25.8 Å². The van der Waals surface area contributed by atoms with Crippen molar-refractivity contribution in [3.63, 3.8) is 0 Å². The van der Waals surface area contributed by atoms with Gasteiger partial charge in [0.1, 0.15) is 5.75 Å². The number of hydrogen-bond acceptors (Lipinski definition) is 2. The molecule has 0 spiro atoms. The lowest BCUT2D eigenvalue weighted by atomic mass is 9.95. The SMILES string of the molecule is COc1ccc(Cl)cc1Cn1cc2c(c1)C(=O)CCC2. The number of carbonyl (C=O) groups excluding carboxylic acids is 1. The summed E-state index contributed by atoms with van der Waals surface area (Å²) in [6.45, 7) is 0.657. The average Bonchev–Trinajstić information content (AvgIpc) is 2.83. The van der Waals surface area contributed by atoms with Gasteiger partial charge in [-0.15, -0.1) is 0 Å². The van der Waals surface area contributed by atoms with Crippen LogP contribution in [-0.4, -0.2) is 17.5 Å². The maximum atomic E-state index is 11.9. The van der Waals surface area contributed by atoms with Crippen molar-refractivity contribution in [3.8, 4) is 5.75 Å². The van der Waals surface area contributed by atoms with Crippen LogP contribution in [0.3, 0.4) is 0 Å². The summed E-state index contributed by atoms with van der Waals surface area (Å²) in [5, 5.41) is 0.689. The number of halogens is 1. The molecule has 4 heteroatoms. The van der Waals surface area contributed by atoms with Crippen LogP contribution >= 0.6 is 11.6 Å². The van der Waals surface area contributed by atoms with Crippen LogP contribution in [0.25, 0.3) is 0 Å². The van der Waals surface area contributed by atoms with E-state index < -0.39 is 0 Å². The molecule has 0 saturated heterocycles. The van der Waals surface area contributed by atoms with E-state index in [-0.39, 0.29) is 5.78 Å². The van der Waals surface area contributed by atoms with Crippen molar-refractivity contribution in [2.24, 2.45) is 0 Å². The molecule has 0 fully saturated rings. The number of fused-ring (bicyclic) bond motifs is 1. The molecule has 1 aliphatic carbocycles. The molecule has 1 aliphatic rings. The monoisotopic (exact) mass is 289 g/mol. The third-order valence-corrected chi connectivity index (χ3v) is 3.94. The van der Waals surface area contributed by atoms with Crippen LogP contribution in [0, 0.1) is 0 Å². The Labute approximate surface area is 123 Å². The van der Waals surface area contributed by atoms with E-state index in [4.69, 9.17) is 16.3 Å². The number of hydrogen-bond donors (Lipinski definition) is 0. The fourth-order valence-corrected chi connectivity index (χ4v) is 2.93. The van der Waals surface area contributed by atoms with Crippen molar-refractivity contribution < 1.29 is 9.53 Å². The van der Waals surface area contributed by atoms with Gasteiger partial charge in [0.2, 0.25) is 0 Å². The molecule has 0 saturated carbocycles. The lowest BCUT2D eigenvalue weighted by Gasteiger charge is -2.09. The predicted molar refractivity (Wildman–Crippen MR) is 78.8 cm³/mol. The largest absolute Gasteiger partial charge is 0.496 e. The number of Topliss-reactive ketones (excluding diaryl/α,β-unsaturated/α-hetero) is 1. The first-order valence-corrected chi connectivity index (χ1v) is 7.09. The molecule has 3 rings (SSSR count). The van der Waals surface area contributed by atoms with Crippen LogP contribution in [0.15, 0.2) is 30.6 Å². The smallest absolute Gasteiger partial charge is 0.164 e. The molecule has 0 radical (unpaired) electrons. The Bertz CT molecular complexity index is 660. The summed E-state index contributed by atoms with van der Waals surface area (Å²) in [6, 6.07) is 5.58. The maximum Gasteiger partial charge on any atom is 0.164 e. The van der Waals surface area contributed by atoms with Crippen LogP contribution < -0.4 is 4.74 Å². The van der Waals surface area contributed by atoms with Crippen LogP contribution in [-0.2, 0) is 13.0 Å². The number of nitrogens with zero attached hydrogens (tertiary/aromatic N) is 1. The summed E-state index contributed by atoms with van der Waals surface area (Å²) in [5.41, 5.74) is 3.04. The van der Waals surface area contributed by atoms with E-state index in [1.807, 2.05) is 29.0 Å². The van der Waals surface area contributed by atoms with Gasteiger partial charge in [-0.1, -0.05) is 11.6 Å². The minimum Gasteiger partial charge on any atom is -0.496 e. The van der Waals surface area contributed by atoms with Gasteiger partial charge in [-0.2, -0.15) is 0 Å². The van der Waals surface area contributed by atoms with Gasteiger partial charge < -0.3 is 9.30 Å². The van der Waals surface area contributed by atoms with E-state index >= 15 is 0 Å². The van der Waals surface area contributed by atoms with Crippen molar-refractivity contribution >= 4 is 17.4 Å². The van der Waals surface area contributed by atoms with E-state index in [1.54, 1.807) is 7.11 Å². The first-order valence-electron chi connectivity index (χ1n) is 6.71. The Balaban J connectivity index is 1.92. The van der Waals surface area contributed by atoms with Crippen LogP contribution in [0.2, 0.25) is 5.02 Å². The maximum absolute atomic E-state index is 11.9. The van der Waals surface area contributed by atoms with Gasteiger partial charge in [0, 0.05) is 35.0 Å². The van der Waals surface area contributed by atoms with Crippen LogP contribution in [0.1, 0.15) is 34.3 Å². The molecule has 2 aromatic rings. The van der Waals surface area contributed by atoms with Gasteiger partial charge in [0.15, 0.2) is 5.78 Å². The molecule has 1 aromatic heterocycles. The normalized spacial score (nSPS) is 14.2. The summed E-state index contributed by atoms with van der Waals surface area (Å²) >= 11 is 6.05. The Morgan fingerprint density at radius 3 is 2.90 bits per heavy atom. The Morgan fingerprint density at radius 2 is 2.15 bits per heavy atom. The molecule has 0 aliphatic heterocycles. The fourth-order valence-electron chi connectivity index (χ4n) is 2.74. The molecule has 20 heavy (non-hydrogen) atoms. The lowest BCUT2D eigenvalue weighted by Crippen LogP contribution is -2.07. The van der Waals surface area contributed by atoms with Crippen molar-refractivity contribution in [1.29, 1.82) is 0 Å². The Kier molecular flexibility index (Phi) is 3.53. The highest BCUT2D eigenvalue weighted by molar-refractivity contribution is 6.30. The number of benzene rings is 1. The number of ketones is 1. The third-order valence-electron chi connectivity index (χ3n) is 3.71. The van der Waals surface area contributed by atoms with Gasteiger partial charge in [0.05, 0.1) is 13.7 Å². The minimum absolute atomic E-state index is 0.253. The molecular formula is C16H16ClNO2. The molecule has 104 valence electrons. The van der Waals surface area contributed by atoms with Gasteiger partial charge >= 0.3 is 0 Å². The van der Waals surface area contributed by atoms with E-state index in [0.717, 1.165) is 35.3 Å². The third kappa shape index (κ3) is 2.46. The highest BCUT2D eigenvalue weighted by atomic mass is 35.5. The quantitative estimate of drug-likeness (QED) is 0.862. The van der Waals surface area contributed by atoms with E-state index in [9.17, 15) is 4.79 Å². The van der Waals surface area contributed by atoms with Crippen LogP contribution in [0.4, 0.5) is 0 Å². The summed E-state index contributed by atoms with van der Waals surface area (Å²) in [4.78, 5) is 11.9. The van der Waals surface area contributed by atoms with Gasteiger partial charge in [0.25, 0.3) is 0 Å². The molecule has 1 heterocycles. The number of aryl methyl sites for hydroxylation is 1. The first-order chi connectivity index (χ1) is 9.67. The molecule has 0 N–H and O–H groups in total. The molecular weight excluding hydrogens is 274 g/mol. The predicted octanol–water partition coefficient (Wildman–Crippen LogP) is 3.72. The minimum atomic E-state index is 0.253. The second kappa shape index (κ2) is 5.33. The number of methoxy groups -OCH3 is 1. The number of rotatable bonds is 3. The summed E-state index contributed by atoms with van der Waals surface area (Å²) in [5.74, 6) is 1.07. The molecule has 0 bridgehead atoms. The van der Waals surface area contributed by atoms with Gasteiger partial charge in [-0.25, -0.2) is 0 Å². The second-order valence-corrected chi connectivity index (χ2v) is 5.54. The zero-order valence-electron chi connectivity index (χ0n) is 11.4. The number of aromatic nitrogens is 1. The van der Waals surface area contributed by atoms with E-state index in [0.29, 0.717) is 18.0 Å². The average molecular weight is 290 g/mol. The fraction of sp³-hybridized carbons (Fsp3) is 0.312. The molecule has 3 nitrogen and oxygen atoms in total. The summed E-state index contributed by atoms with van der Waals surface area (Å²) in [7, 11) is 1.65. The highest BCUT2D eigenvalue weighted by Crippen LogP contribution is 2.26. The van der Waals surface area contributed by atoms with Crippen molar-refractivity contribution in [1.82, 2.24) is 4.57 Å². The Hall–Kier alpha value is -1.74. The molecule has 1 aromatic carbocycles. The Morgan fingerprint density at radius 1 is 1.30 bits per heavy atom. The highest BCUT2D eigenvalue weighted by Gasteiger charge is 2.19.